The number of rotatable bonds is 3. The highest BCUT2D eigenvalue weighted by atomic mass is 28.3. The van der Waals surface area contributed by atoms with Crippen molar-refractivity contribution in [3.05, 3.63) is 30.3 Å². The van der Waals surface area contributed by atoms with E-state index in [1.165, 1.54) is 0 Å². The third kappa shape index (κ3) is 2.42. The van der Waals surface area contributed by atoms with Crippen LogP contribution >= 0.6 is 0 Å². The third-order valence-corrected chi connectivity index (χ3v) is 3.67. The average Bonchev–Trinajstić information content (AvgIpc) is 2.05. The molecule has 0 aliphatic rings. The first-order chi connectivity index (χ1) is 6.05. The highest BCUT2D eigenvalue weighted by Gasteiger charge is 2.23. The van der Waals surface area contributed by atoms with Crippen molar-refractivity contribution >= 4 is 20.3 Å². The van der Waals surface area contributed by atoms with Gasteiger partial charge in [-0.1, -0.05) is 37.8 Å². The number of benzene rings is 1. The summed E-state index contributed by atoms with van der Waals surface area (Å²) in [6, 6.07) is 9.79. The quantitative estimate of drug-likeness (QED) is 0.533. The third-order valence-electron chi connectivity index (χ3n) is 1.86. The van der Waals surface area contributed by atoms with Gasteiger partial charge in [-0.2, -0.15) is 0 Å². The maximum absolute atomic E-state index is 10.9. The van der Waals surface area contributed by atoms with Gasteiger partial charge in [0, 0.05) is 5.69 Å². The molecule has 0 aliphatic carbocycles. The van der Waals surface area contributed by atoms with Crippen LogP contribution in [-0.4, -0.2) is 14.6 Å². The lowest BCUT2D eigenvalue weighted by molar-refractivity contribution is -0.106. The molecule has 1 aromatic carbocycles. The minimum Gasteiger partial charge on any atom is -0.343 e. The molecule has 0 spiro atoms. The molecule has 0 radical (unpaired) electrons. The smallest absolute Gasteiger partial charge is 0.206 e. The second-order valence-corrected chi connectivity index (χ2v) is 8.81. The van der Waals surface area contributed by atoms with Gasteiger partial charge in [0.15, 0.2) is 8.24 Å². The van der Waals surface area contributed by atoms with E-state index in [2.05, 4.69) is 19.6 Å². The van der Waals surface area contributed by atoms with Crippen molar-refractivity contribution in [1.29, 1.82) is 0 Å². The molecule has 70 valence electrons. The molecule has 0 saturated carbocycles. The molecule has 0 N–H and O–H groups in total. The number of carbonyl (C=O) groups excluding carboxylic acids is 1. The zero-order valence-electron chi connectivity index (χ0n) is 8.32. The van der Waals surface area contributed by atoms with Crippen LogP contribution in [0.4, 0.5) is 5.69 Å². The summed E-state index contributed by atoms with van der Waals surface area (Å²) in [6.45, 7) is 6.44. The van der Waals surface area contributed by atoms with E-state index >= 15 is 0 Å². The molecule has 0 atom stereocenters. The Morgan fingerprint density at radius 2 is 1.69 bits per heavy atom. The van der Waals surface area contributed by atoms with Gasteiger partial charge in [-0.25, -0.2) is 0 Å². The maximum Gasteiger partial charge on any atom is 0.206 e. The second-order valence-electron chi connectivity index (χ2n) is 3.98. The Hall–Kier alpha value is -1.09. The van der Waals surface area contributed by atoms with E-state index < -0.39 is 8.24 Å². The zero-order chi connectivity index (χ0) is 9.90. The fraction of sp³-hybridized carbons (Fsp3) is 0.300. The van der Waals surface area contributed by atoms with E-state index in [0.29, 0.717) is 0 Å². The van der Waals surface area contributed by atoms with Gasteiger partial charge in [-0.3, -0.25) is 4.79 Å². The summed E-state index contributed by atoms with van der Waals surface area (Å²) in [6.07, 6.45) is 0.932. The van der Waals surface area contributed by atoms with Crippen molar-refractivity contribution in [3.63, 3.8) is 0 Å². The fourth-order valence-electron chi connectivity index (χ4n) is 1.19. The Kier molecular flexibility index (Phi) is 2.88. The summed E-state index contributed by atoms with van der Waals surface area (Å²) in [5.41, 5.74) is 0.997. The number of carbonyl (C=O) groups is 1. The van der Waals surface area contributed by atoms with Crippen molar-refractivity contribution in [2.45, 2.75) is 19.6 Å². The second kappa shape index (κ2) is 3.74. The van der Waals surface area contributed by atoms with Gasteiger partial charge in [0.05, 0.1) is 0 Å². The number of amides is 1. The first-order valence-corrected chi connectivity index (χ1v) is 7.80. The molecule has 1 rings (SSSR count). The van der Waals surface area contributed by atoms with Crippen molar-refractivity contribution in [2.75, 3.05) is 4.57 Å². The van der Waals surface area contributed by atoms with Crippen molar-refractivity contribution in [3.8, 4) is 0 Å². The van der Waals surface area contributed by atoms with Crippen molar-refractivity contribution in [2.24, 2.45) is 0 Å². The Labute approximate surface area is 80.3 Å². The van der Waals surface area contributed by atoms with E-state index in [0.717, 1.165) is 12.1 Å². The summed E-state index contributed by atoms with van der Waals surface area (Å²) in [5.74, 6) is 0. The Morgan fingerprint density at radius 1 is 1.15 bits per heavy atom. The van der Waals surface area contributed by atoms with E-state index in [4.69, 9.17) is 0 Å². The molecular formula is C10H15NOSi. The van der Waals surface area contributed by atoms with Crippen LogP contribution in [0.15, 0.2) is 30.3 Å². The summed E-state index contributed by atoms with van der Waals surface area (Å²) in [7, 11) is -1.56. The van der Waals surface area contributed by atoms with Crippen LogP contribution < -0.4 is 4.57 Å². The number of hydrogen-bond donors (Lipinski definition) is 0. The molecule has 1 aromatic rings. The van der Waals surface area contributed by atoms with E-state index in [9.17, 15) is 4.79 Å². The SMILES string of the molecule is C[Si](C)(C)N(C=O)c1ccccc1. The van der Waals surface area contributed by atoms with Gasteiger partial charge in [0.25, 0.3) is 0 Å². The lowest BCUT2D eigenvalue weighted by atomic mass is 10.3. The molecule has 0 heterocycles. The number of hydrogen-bond acceptors (Lipinski definition) is 1. The minimum absolute atomic E-state index is 0.932. The summed E-state index contributed by atoms with van der Waals surface area (Å²) in [5, 5.41) is 0. The largest absolute Gasteiger partial charge is 0.343 e. The highest BCUT2D eigenvalue weighted by Crippen LogP contribution is 2.18. The standard InChI is InChI=1S/C10H15NOSi/c1-13(2,3)11(9-12)10-7-5-4-6-8-10/h4-9H,1-3H3. The topological polar surface area (TPSA) is 20.3 Å². The maximum atomic E-state index is 10.9. The summed E-state index contributed by atoms with van der Waals surface area (Å²) in [4.78, 5) is 10.9. The predicted molar refractivity (Wildman–Crippen MR) is 58.3 cm³/mol. The zero-order valence-corrected chi connectivity index (χ0v) is 9.32. The van der Waals surface area contributed by atoms with E-state index in [1.807, 2.05) is 34.9 Å². The van der Waals surface area contributed by atoms with Crippen LogP contribution in [-0.2, 0) is 4.79 Å². The van der Waals surface area contributed by atoms with Crippen LogP contribution in [0.3, 0.4) is 0 Å². The lowest BCUT2D eigenvalue weighted by Gasteiger charge is -2.30. The fourth-order valence-corrected chi connectivity index (χ4v) is 2.43. The molecule has 0 aliphatic heterocycles. The number of para-hydroxylation sites is 1. The summed E-state index contributed by atoms with van der Waals surface area (Å²) < 4.78 is 1.85. The molecule has 2 nitrogen and oxygen atoms in total. The van der Waals surface area contributed by atoms with Crippen LogP contribution in [0.2, 0.25) is 19.6 Å². The van der Waals surface area contributed by atoms with Gasteiger partial charge >= 0.3 is 0 Å². The van der Waals surface area contributed by atoms with Gasteiger partial charge in [-0.05, 0) is 12.1 Å². The minimum atomic E-state index is -1.56. The van der Waals surface area contributed by atoms with Gasteiger partial charge in [0.1, 0.15) is 0 Å². The molecule has 3 heteroatoms. The van der Waals surface area contributed by atoms with Gasteiger partial charge in [0.2, 0.25) is 6.41 Å². The Bertz CT molecular complexity index is 279. The molecule has 0 fully saturated rings. The van der Waals surface area contributed by atoms with E-state index in [-0.39, 0.29) is 0 Å². The van der Waals surface area contributed by atoms with Crippen LogP contribution in [0, 0.1) is 0 Å². The number of anilines is 1. The monoisotopic (exact) mass is 193 g/mol. The Morgan fingerprint density at radius 3 is 2.08 bits per heavy atom. The number of nitrogens with zero attached hydrogens (tertiary/aromatic N) is 1. The first-order valence-electron chi connectivity index (χ1n) is 4.35. The normalized spacial score (nSPS) is 11.0. The van der Waals surface area contributed by atoms with Crippen molar-refractivity contribution in [1.82, 2.24) is 0 Å². The highest BCUT2D eigenvalue weighted by molar-refractivity contribution is 6.82. The molecule has 0 unspecified atom stereocenters. The van der Waals surface area contributed by atoms with Crippen LogP contribution in [0.5, 0.6) is 0 Å². The van der Waals surface area contributed by atoms with Crippen molar-refractivity contribution < 1.29 is 4.79 Å². The molecule has 0 aromatic heterocycles. The lowest BCUT2D eigenvalue weighted by Crippen LogP contribution is -2.45. The molecule has 0 bridgehead atoms. The van der Waals surface area contributed by atoms with Crippen LogP contribution in [0.1, 0.15) is 0 Å². The Balaban J connectivity index is 2.99. The first kappa shape index (κ1) is 9.99. The summed E-state index contributed by atoms with van der Waals surface area (Å²) >= 11 is 0. The predicted octanol–water partition coefficient (Wildman–Crippen LogP) is 2.48. The molecule has 13 heavy (non-hydrogen) atoms. The van der Waals surface area contributed by atoms with E-state index in [1.54, 1.807) is 0 Å². The van der Waals surface area contributed by atoms with Gasteiger partial charge in [-0.15, -0.1) is 0 Å². The molecular weight excluding hydrogens is 178 g/mol. The molecule has 1 amide bonds. The molecule has 0 saturated heterocycles. The van der Waals surface area contributed by atoms with Gasteiger partial charge < -0.3 is 4.57 Å². The van der Waals surface area contributed by atoms with Crippen LogP contribution in [0.25, 0.3) is 0 Å². The average molecular weight is 193 g/mol.